The van der Waals surface area contributed by atoms with E-state index in [0.717, 1.165) is 0 Å². The van der Waals surface area contributed by atoms with E-state index in [1.807, 2.05) is 0 Å². The van der Waals surface area contributed by atoms with Gasteiger partial charge in [0, 0.05) is 15.9 Å². The molecule has 1 aromatic rings. The lowest BCUT2D eigenvalue weighted by Gasteiger charge is -2.23. The predicted octanol–water partition coefficient (Wildman–Crippen LogP) is 3.34. The van der Waals surface area contributed by atoms with Crippen LogP contribution in [-0.2, 0) is 0 Å². The van der Waals surface area contributed by atoms with Crippen LogP contribution < -0.4 is 5.32 Å². The Labute approximate surface area is 107 Å². The summed E-state index contributed by atoms with van der Waals surface area (Å²) in [5.41, 5.74) is -0.555. The average Bonchev–Trinajstić information content (AvgIpc) is 2.21. The van der Waals surface area contributed by atoms with Crippen molar-refractivity contribution in [2.45, 2.75) is 19.4 Å². The number of hydrogen-bond acceptors (Lipinski definition) is 1. The average molecular weight is 309 g/mol. The Morgan fingerprint density at radius 1 is 1.56 bits per heavy atom. The molecule has 1 aromatic carbocycles. The maximum atomic E-state index is 13.4. The van der Waals surface area contributed by atoms with Crippen LogP contribution in [0.4, 0.5) is 4.39 Å². The standard InChI is InChI=1S/C11H12BrClFNO/c1-11(2,6-13)15-10(16)8-5-7(12)3-4-9(8)14/h3-5H,6H2,1-2H3,(H,15,16). The van der Waals surface area contributed by atoms with E-state index >= 15 is 0 Å². The molecule has 0 aliphatic rings. The van der Waals surface area contributed by atoms with Gasteiger partial charge in [-0.25, -0.2) is 4.39 Å². The van der Waals surface area contributed by atoms with Gasteiger partial charge in [0.15, 0.2) is 0 Å². The van der Waals surface area contributed by atoms with Crippen LogP contribution >= 0.6 is 27.5 Å². The smallest absolute Gasteiger partial charge is 0.254 e. The second-order valence-corrected chi connectivity index (χ2v) is 5.28. The summed E-state index contributed by atoms with van der Waals surface area (Å²) in [6.07, 6.45) is 0. The zero-order valence-electron chi connectivity index (χ0n) is 8.98. The molecule has 0 bridgehead atoms. The van der Waals surface area contributed by atoms with Crippen molar-refractivity contribution in [1.82, 2.24) is 5.32 Å². The number of halogens is 3. The van der Waals surface area contributed by atoms with Gasteiger partial charge in [0.25, 0.3) is 5.91 Å². The second kappa shape index (κ2) is 5.15. The third kappa shape index (κ3) is 3.46. The molecule has 88 valence electrons. The summed E-state index contributed by atoms with van der Waals surface area (Å²) >= 11 is 8.87. The SMILES string of the molecule is CC(C)(CCl)NC(=O)c1cc(Br)ccc1F. The zero-order chi connectivity index (χ0) is 12.3. The molecular weight excluding hydrogens is 296 g/mol. The third-order valence-electron chi connectivity index (χ3n) is 1.96. The van der Waals surface area contributed by atoms with Crippen molar-refractivity contribution in [1.29, 1.82) is 0 Å². The minimum Gasteiger partial charge on any atom is -0.346 e. The first-order valence-electron chi connectivity index (χ1n) is 4.69. The van der Waals surface area contributed by atoms with Crippen molar-refractivity contribution >= 4 is 33.4 Å². The van der Waals surface area contributed by atoms with E-state index < -0.39 is 17.3 Å². The normalized spacial score (nSPS) is 11.3. The zero-order valence-corrected chi connectivity index (χ0v) is 11.3. The van der Waals surface area contributed by atoms with Crippen LogP contribution in [0.2, 0.25) is 0 Å². The first-order valence-corrected chi connectivity index (χ1v) is 6.02. The lowest BCUT2D eigenvalue weighted by atomic mass is 10.1. The number of carbonyl (C=O) groups excluding carboxylic acids is 1. The number of carbonyl (C=O) groups is 1. The number of rotatable bonds is 3. The van der Waals surface area contributed by atoms with E-state index in [2.05, 4.69) is 21.2 Å². The molecule has 0 spiro atoms. The van der Waals surface area contributed by atoms with Gasteiger partial charge in [-0.2, -0.15) is 0 Å². The molecule has 1 rings (SSSR count). The fraction of sp³-hybridized carbons (Fsp3) is 0.364. The molecule has 16 heavy (non-hydrogen) atoms. The molecule has 0 aromatic heterocycles. The number of benzene rings is 1. The Balaban J connectivity index is 2.93. The summed E-state index contributed by atoms with van der Waals surface area (Å²) in [7, 11) is 0. The Morgan fingerprint density at radius 2 is 2.19 bits per heavy atom. The van der Waals surface area contributed by atoms with Crippen molar-refractivity contribution < 1.29 is 9.18 Å². The van der Waals surface area contributed by atoms with Gasteiger partial charge in [0.05, 0.1) is 5.56 Å². The minimum absolute atomic E-state index is 0.00701. The monoisotopic (exact) mass is 307 g/mol. The highest BCUT2D eigenvalue weighted by atomic mass is 79.9. The molecule has 5 heteroatoms. The Bertz CT molecular complexity index is 409. The minimum atomic E-state index is -0.562. The van der Waals surface area contributed by atoms with Crippen molar-refractivity contribution in [3.05, 3.63) is 34.1 Å². The molecule has 0 saturated heterocycles. The number of amides is 1. The largest absolute Gasteiger partial charge is 0.346 e. The number of nitrogens with one attached hydrogen (secondary N) is 1. The highest BCUT2D eigenvalue weighted by molar-refractivity contribution is 9.10. The first kappa shape index (κ1) is 13.5. The molecule has 1 N–H and O–H groups in total. The number of alkyl halides is 1. The van der Waals surface area contributed by atoms with Gasteiger partial charge in [0.1, 0.15) is 5.82 Å². The molecular formula is C11H12BrClFNO. The molecule has 0 fully saturated rings. The van der Waals surface area contributed by atoms with Gasteiger partial charge >= 0.3 is 0 Å². The van der Waals surface area contributed by atoms with E-state index in [0.29, 0.717) is 4.47 Å². The predicted molar refractivity (Wildman–Crippen MR) is 66.4 cm³/mol. The Morgan fingerprint density at radius 3 is 2.75 bits per heavy atom. The highest BCUT2D eigenvalue weighted by Gasteiger charge is 2.21. The summed E-state index contributed by atoms with van der Waals surface area (Å²) in [6.45, 7) is 3.54. The summed E-state index contributed by atoms with van der Waals surface area (Å²) in [5, 5.41) is 2.66. The van der Waals surface area contributed by atoms with E-state index in [1.165, 1.54) is 12.1 Å². The van der Waals surface area contributed by atoms with Crippen LogP contribution in [0, 0.1) is 5.82 Å². The quantitative estimate of drug-likeness (QED) is 0.853. The van der Waals surface area contributed by atoms with Gasteiger partial charge < -0.3 is 5.32 Å². The second-order valence-electron chi connectivity index (χ2n) is 4.10. The van der Waals surface area contributed by atoms with E-state index in [9.17, 15) is 9.18 Å². The Kier molecular flexibility index (Phi) is 4.33. The van der Waals surface area contributed by atoms with Crippen molar-refractivity contribution in [2.75, 3.05) is 5.88 Å². The van der Waals surface area contributed by atoms with E-state index in [1.54, 1.807) is 19.9 Å². The molecule has 0 atom stereocenters. The molecule has 1 amide bonds. The summed E-state index contributed by atoms with van der Waals surface area (Å²) in [5.74, 6) is -0.760. The van der Waals surface area contributed by atoms with Crippen LogP contribution in [0.5, 0.6) is 0 Å². The van der Waals surface area contributed by atoms with E-state index in [-0.39, 0.29) is 11.4 Å². The van der Waals surface area contributed by atoms with Gasteiger partial charge in [-0.15, -0.1) is 11.6 Å². The summed E-state index contributed by atoms with van der Waals surface area (Å²) in [4.78, 5) is 11.8. The molecule has 0 heterocycles. The Hall–Kier alpha value is -0.610. The fourth-order valence-electron chi connectivity index (χ4n) is 1.08. The first-order chi connectivity index (χ1) is 7.35. The molecule has 0 radical (unpaired) electrons. The van der Waals surface area contributed by atoms with Crippen LogP contribution in [-0.4, -0.2) is 17.3 Å². The maximum Gasteiger partial charge on any atom is 0.254 e. The van der Waals surface area contributed by atoms with Gasteiger partial charge in [-0.3, -0.25) is 4.79 Å². The van der Waals surface area contributed by atoms with Crippen molar-refractivity contribution in [3.8, 4) is 0 Å². The lowest BCUT2D eigenvalue weighted by molar-refractivity contribution is 0.0916. The number of hydrogen-bond donors (Lipinski definition) is 1. The fourth-order valence-corrected chi connectivity index (χ4v) is 1.51. The third-order valence-corrected chi connectivity index (χ3v) is 3.12. The summed E-state index contributed by atoms with van der Waals surface area (Å²) in [6, 6.07) is 4.22. The van der Waals surface area contributed by atoms with Gasteiger partial charge in [-0.1, -0.05) is 15.9 Å². The van der Waals surface area contributed by atoms with Crippen LogP contribution in [0.1, 0.15) is 24.2 Å². The molecule has 0 saturated carbocycles. The van der Waals surface area contributed by atoms with Crippen LogP contribution in [0.3, 0.4) is 0 Å². The van der Waals surface area contributed by atoms with Gasteiger partial charge in [0.2, 0.25) is 0 Å². The summed E-state index contributed by atoms with van der Waals surface area (Å²) < 4.78 is 14.0. The van der Waals surface area contributed by atoms with Crippen LogP contribution in [0.15, 0.2) is 22.7 Å². The van der Waals surface area contributed by atoms with Crippen LogP contribution in [0.25, 0.3) is 0 Å². The van der Waals surface area contributed by atoms with Crippen molar-refractivity contribution in [3.63, 3.8) is 0 Å². The molecule has 0 unspecified atom stereocenters. The van der Waals surface area contributed by atoms with E-state index in [4.69, 9.17) is 11.6 Å². The maximum absolute atomic E-state index is 13.4. The highest BCUT2D eigenvalue weighted by Crippen LogP contribution is 2.16. The van der Waals surface area contributed by atoms with Crippen molar-refractivity contribution in [2.24, 2.45) is 0 Å². The topological polar surface area (TPSA) is 29.1 Å². The molecule has 0 aliphatic heterocycles. The molecule has 2 nitrogen and oxygen atoms in total. The van der Waals surface area contributed by atoms with Gasteiger partial charge in [-0.05, 0) is 32.0 Å². The molecule has 0 aliphatic carbocycles. The lowest BCUT2D eigenvalue weighted by Crippen LogP contribution is -2.45.